The number of pyridine rings is 1. The summed E-state index contributed by atoms with van der Waals surface area (Å²) in [4.78, 5) is 6.96. The highest BCUT2D eigenvalue weighted by atomic mass is 15.3. The molecular weight excluding hydrogens is 236 g/mol. The molecule has 0 radical (unpaired) electrons. The van der Waals surface area contributed by atoms with Gasteiger partial charge >= 0.3 is 0 Å². The van der Waals surface area contributed by atoms with E-state index in [4.69, 9.17) is 5.84 Å². The number of nitrogens with one attached hydrogen (secondary N) is 1. The Morgan fingerprint density at radius 1 is 1.26 bits per heavy atom. The van der Waals surface area contributed by atoms with Crippen LogP contribution in [0.4, 0.5) is 5.82 Å². The van der Waals surface area contributed by atoms with Crippen LogP contribution in [0.3, 0.4) is 0 Å². The number of anilines is 1. The number of hydrogen-bond donors (Lipinski definition) is 2. The van der Waals surface area contributed by atoms with Crippen LogP contribution in [0.5, 0.6) is 0 Å². The Kier molecular flexibility index (Phi) is 3.99. The molecule has 1 aromatic rings. The van der Waals surface area contributed by atoms with Crippen molar-refractivity contribution >= 4 is 5.82 Å². The van der Waals surface area contributed by atoms with Gasteiger partial charge in [0.25, 0.3) is 0 Å². The molecule has 104 valence electrons. The Morgan fingerprint density at radius 3 is 3.00 bits per heavy atom. The van der Waals surface area contributed by atoms with Crippen molar-refractivity contribution in [2.75, 3.05) is 12.0 Å². The molecule has 2 fully saturated rings. The van der Waals surface area contributed by atoms with E-state index in [2.05, 4.69) is 21.4 Å². The zero-order valence-electron chi connectivity index (χ0n) is 11.5. The van der Waals surface area contributed by atoms with E-state index in [1.165, 1.54) is 50.6 Å². The number of nitrogen functional groups attached to an aromatic ring is 1. The number of piperidine rings is 1. The van der Waals surface area contributed by atoms with Gasteiger partial charge in [0.1, 0.15) is 5.82 Å². The van der Waals surface area contributed by atoms with Gasteiger partial charge in [-0.2, -0.15) is 0 Å². The topological polar surface area (TPSA) is 54.2 Å². The number of nitrogens with two attached hydrogens (primary N) is 1. The molecule has 0 aromatic carbocycles. The maximum Gasteiger partial charge on any atom is 0.144 e. The number of hydrazine groups is 1. The summed E-state index contributed by atoms with van der Waals surface area (Å²) in [6, 6.07) is 4.92. The maximum absolute atomic E-state index is 5.56. The molecule has 4 heteroatoms. The van der Waals surface area contributed by atoms with Crippen molar-refractivity contribution in [1.29, 1.82) is 0 Å². The molecule has 0 amide bonds. The van der Waals surface area contributed by atoms with E-state index in [9.17, 15) is 0 Å². The van der Waals surface area contributed by atoms with Crippen LogP contribution in [0, 0.1) is 5.92 Å². The molecule has 2 heterocycles. The van der Waals surface area contributed by atoms with Gasteiger partial charge in [-0.1, -0.05) is 18.9 Å². The Hall–Kier alpha value is -1.13. The number of hydrogen-bond acceptors (Lipinski definition) is 4. The first-order chi connectivity index (χ1) is 9.38. The molecule has 2 aliphatic rings. The lowest BCUT2D eigenvalue weighted by Crippen LogP contribution is -2.46. The summed E-state index contributed by atoms with van der Waals surface area (Å²) in [6.07, 6.45) is 10.2. The van der Waals surface area contributed by atoms with E-state index in [1.54, 1.807) is 6.20 Å². The van der Waals surface area contributed by atoms with Crippen molar-refractivity contribution in [3.8, 4) is 0 Å². The van der Waals surface area contributed by atoms with E-state index in [1.807, 2.05) is 6.07 Å². The summed E-state index contributed by atoms with van der Waals surface area (Å²) in [6.45, 7) is 2.20. The van der Waals surface area contributed by atoms with Crippen molar-refractivity contribution in [3.63, 3.8) is 0 Å². The van der Waals surface area contributed by atoms with Crippen LogP contribution in [-0.2, 0) is 6.54 Å². The first-order valence-electron chi connectivity index (χ1n) is 7.53. The minimum atomic E-state index is 0.785. The normalized spacial score (nSPS) is 27.8. The van der Waals surface area contributed by atoms with Crippen LogP contribution in [0.1, 0.15) is 44.1 Å². The lowest BCUT2D eigenvalue weighted by molar-refractivity contribution is 0.0548. The van der Waals surface area contributed by atoms with Crippen molar-refractivity contribution < 1.29 is 0 Å². The molecule has 1 aromatic heterocycles. The summed E-state index contributed by atoms with van der Waals surface area (Å²) in [5, 5.41) is 0. The molecule has 1 aliphatic carbocycles. The third-order valence-corrected chi connectivity index (χ3v) is 4.76. The SMILES string of the molecule is NNc1ncccc1CN1CCC[C@H]2CCCC[C@H]21. The number of fused-ring (bicyclic) bond motifs is 1. The van der Waals surface area contributed by atoms with Crippen LogP contribution in [0.25, 0.3) is 0 Å². The van der Waals surface area contributed by atoms with E-state index < -0.39 is 0 Å². The van der Waals surface area contributed by atoms with E-state index in [0.29, 0.717) is 0 Å². The molecule has 1 aliphatic heterocycles. The van der Waals surface area contributed by atoms with Crippen LogP contribution >= 0.6 is 0 Å². The highest BCUT2D eigenvalue weighted by molar-refractivity contribution is 5.42. The maximum atomic E-state index is 5.56. The number of nitrogens with zero attached hydrogens (tertiary/aromatic N) is 2. The minimum absolute atomic E-state index is 0.785. The lowest BCUT2D eigenvalue weighted by atomic mass is 9.78. The van der Waals surface area contributed by atoms with Crippen LogP contribution < -0.4 is 11.3 Å². The molecule has 0 unspecified atom stereocenters. The van der Waals surface area contributed by atoms with E-state index >= 15 is 0 Å². The fourth-order valence-corrected chi connectivity index (χ4v) is 3.84. The fourth-order valence-electron chi connectivity index (χ4n) is 3.84. The Labute approximate surface area is 115 Å². The second kappa shape index (κ2) is 5.88. The van der Waals surface area contributed by atoms with Crippen LogP contribution in [0.2, 0.25) is 0 Å². The Balaban J connectivity index is 1.74. The van der Waals surface area contributed by atoms with Crippen LogP contribution in [-0.4, -0.2) is 22.5 Å². The molecule has 3 rings (SSSR count). The van der Waals surface area contributed by atoms with Crippen molar-refractivity contribution in [1.82, 2.24) is 9.88 Å². The summed E-state index contributed by atoms with van der Waals surface area (Å²) < 4.78 is 0. The van der Waals surface area contributed by atoms with Gasteiger partial charge in [-0.25, -0.2) is 10.8 Å². The zero-order chi connectivity index (χ0) is 13.1. The molecule has 0 spiro atoms. The van der Waals surface area contributed by atoms with Gasteiger partial charge in [-0.3, -0.25) is 4.90 Å². The third-order valence-electron chi connectivity index (χ3n) is 4.76. The molecule has 19 heavy (non-hydrogen) atoms. The fraction of sp³-hybridized carbons (Fsp3) is 0.667. The predicted molar refractivity (Wildman–Crippen MR) is 77.4 cm³/mol. The number of likely N-dealkylation sites (tertiary alicyclic amines) is 1. The average Bonchev–Trinajstić information content (AvgIpc) is 2.48. The summed E-state index contributed by atoms with van der Waals surface area (Å²) in [5.74, 6) is 7.30. The van der Waals surface area contributed by atoms with Crippen molar-refractivity contribution in [2.45, 2.75) is 51.1 Å². The predicted octanol–water partition coefficient (Wildman–Crippen LogP) is 2.52. The smallest absolute Gasteiger partial charge is 0.144 e. The Bertz CT molecular complexity index is 418. The van der Waals surface area contributed by atoms with Crippen molar-refractivity contribution in [2.24, 2.45) is 11.8 Å². The molecule has 4 nitrogen and oxygen atoms in total. The summed E-state index contributed by atoms with van der Waals surface area (Å²) in [7, 11) is 0. The monoisotopic (exact) mass is 260 g/mol. The van der Waals surface area contributed by atoms with Gasteiger partial charge in [-0.15, -0.1) is 0 Å². The second-order valence-corrected chi connectivity index (χ2v) is 5.88. The molecule has 1 saturated heterocycles. The molecule has 2 atom stereocenters. The van der Waals surface area contributed by atoms with Gasteiger partial charge < -0.3 is 5.43 Å². The Morgan fingerprint density at radius 2 is 2.11 bits per heavy atom. The minimum Gasteiger partial charge on any atom is -0.308 e. The first kappa shape index (κ1) is 12.9. The first-order valence-corrected chi connectivity index (χ1v) is 7.53. The largest absolute Gasteiger partial charge is 0.308 e. The van der Waals surface area contributed by atoms with Gasteiger partial charge in [0.2, 0.25) is 0 Å². The lowest BCUT2D eigenvalue weighted by Gasteiger charge is -2.44. The molecular formula is C15H24N4. The summed E-state index contributed by atoms with van der Waals surface area (Å²) in [5.41, 5.74) is 3.94. The summed E-state index contributed by atoms with van der Waals surface area (Å²) >= 11 is 0. The van der Waals surface area contributed by atoms with Gasteiger partial charge in [0.15, 0.2) is 0 Å². The van der Waals surface area contributed by atoms with Gasteiger partial charge in [-0.05, 0) is 44.2 Å². The second-order valence-electron chi connectivity index (χ2n) is 5.88. The number of rotatable bonds is 3. The van der Waals surface area contributed by atoms with E-state index in [0.717, 1.165) is 24.3 Å². The molecule has 1 saturated carbocycles. The highest BCUT2D eigenvalue weighted by Gasteiger charge is 2.33. The molecule has 0 bridgehead atoms. The quantitative estimate of drug-likeness (QED) is 0.648. The third kappa shape index (κ3) is 2.74. The van der Waals surface area contributed by atoms with Gasteiger partial charge in [0, 0.05) is 24.3 Å². The van der Waals surface area contributed by atoms with E-state index in [-0.39, 0.29) is 0 Å². The highest BCUT2D eigenvalue weighted by Crippen LogP contribution is 2.36. The number of aromatic nitrogens is 1. The molecule has 3 N–H and O–H groups in total. The zero-order valence-corrected chi connectivity index (χ0v) is 11.5. The average molecular weight is 260 g/mol. The standard InChI is InChI=1S/C15H24N4/c16-18-15-13(6-3-9-17-15)11-19-10-4-7-12-5-1-2-8-14(12)19/h3,6,9,12,14H,1-2,4-5,7-8,10-11,16H2,(H,17,18)/t12-,14-/m1/s1. The van der Waals surface area contributed by atoms with Crippen molar-refractivity contribution in [3.05, 3.63) is 23.9 Å². The van der Waals surface area contributed by atoms with Crippen LogP contribution in [0.15, 0.2) is 18.3 Å². The van der Waals surface area contributed by atoms with Gasteiger partial charge in [0.05, 0.1) is 0 Å².